The Kier molecular flexibility index (Phi) is 14.0. The van der Waals surface area contributed by atoms with Crippen molar-refractivity contribution in [2.75, 3.05) is 42.7 Å². The van der Waals surface area contributed by atoms with E-state index in [-0.39, 0.29) is 61.9 Å². The molecule has 12 nitrogen and oxygen atoms in total. The molecule has 0 amide bonds. The van der Waals surface area contributed by atoms with Crippen molar-refractivity contribution in [3.05, 3.63) is 70.3 Å². The highest BCUT2D eigenvalue weighted by Gasteiger charge is 2.18. The van der Waals surface area contributed by atoms with Gasteiger partial charge in [0.2, 0.25) is 0 Å². The maximum Gasteiger partial charge on any atom is 0.305 e. The van der Waals surface area contributed by atoms with E-state index in [4.69, 9.17) is 37.9 Å². The fourth-order valence-electron chi connectivity index (χ4n) is 4.79. The van der Waals surface area contributed by atoms with Crippen LogP contribution in [0.25, 0.3) is 0 Å². The lowest BCUT2D eigenvalue weighted by Crippen LogP contribution is -2.09. The molecular weight excluding hydrogens is 612 g/mol. The van der Waals surface area contributed by atoms with Crippen LogP contribution >= 0.6 is 0 Å². The summed E-state index contributed by atoms with van der Waals surface area (Å²) in [7, 11) is 8.50. The van der Waals surface area contributed by atoms with E-state index in [0.717, 1.165) is 16.7 Å². The maximum atomic E-state index is 12.1. The molecule has 0 heterocycles. The van der Waals surface area contributed by atoms with E-state index in [0.29, 0.717) is 53.4 Å². The first-order chi connectivity index (χ1) is 22.6. The summed E-state index contributed by atoms with van der Waals surface area (Å²) in [5.74, 6) is 0.956. The Morgan fingerprint density at radius 2 is 0.957 bits per heavy atom. The summed E-state index contributed by atoms with van der Waals surface area (Å²) in [6.07, 6.45) is 1.57. The summed E-state index contributed by atoms with van der Waals surface area (Å²) in [4.78, 5) is 35.5. The lowest BCUT2D eigenvalue weighted by atomic mass is 10.0. The van der Waals surface area contributed by atoms with Crippen molar-refractivity contribution in [3.8, 4) is 34.5 Å². The molecule has 0 saturated heterocycles. The third-order valence-electron chi connectivity index (χ3n) is 7.48. The molecule has 3 aromatic carbocycles. The van der Waals surface area contributed by atoms with E-state index in [1.165, 1.54) is 42.7 Å². The van der Waals surface area contributed by atoms with E-state index in [1.54, 1.807) is 30.3 Å². The molecule has 0 atom stereocenters. The van der Waals surface area contributed by atoms with E-state index in [9.17, 15) is 19.5 Å². The minimum atomic E-state index is -0.382. The smallest absolute Gasteiger partial charge is 0.305 e. The largest absolute Gasteiger partial charge is 0.504 e. The number of carbonyl (C=O) groups is 3. The molecule has 0 unspecified atom stereocenters. The SMILES string of the molecule is COC(=O)CCc1ccc(OC)c(OCc2cc(OC)c(OCc3cc(OC)c(O)cc3CCC(=O)OC)cc2CCC(=O)OC)c1. The second-order valence-electron chi connectivity index (χ2n) is 10.4. The maximum absolute atomic E-state index is 12.1. The molecule has 0 aliphatic carbocycles. The van der Waals surface area contributed by atoms with E-state index in [2.05, 4.69) is 0 Å². The number of aromatic hydroxyl groups is 1. The normalized spacial score (nSPS) is 10.5. The fraction of sp³-hybridized carbons (Fsp3) is 0.400. The first kappa shape index (κ1) is 36.3. The summed E-state index contributed by atoms with van der Waals surface area (Å²) < 4.78 is 43.3. The summed E-state index contributed by atoms with van der Waals surface area (Å²) in [5, 5.41) is 10.4. The number of hydrogen-bond donors (Lipinski definition) is 1. The van der Waals surface area contributed by atoms with Crippen LogP contribution in [0.3, 0.4) is 0 Å². The predicted molar refractivity (Wildman–Crippen MR) is 170 cm³/mol. The van der Waals surface area contributed by atoms with Crippen molar-refractivity contribution in [1.29, 1.82) is 0 Å². The number of hydrogen-bond acceptors (Lipinski definition) is 12. The number of ether oxygens (including phenoxy) is 8. The number of aryl methyl sites for hydroxylation is 3. The minimum Gasteiger partial charge on any atom is -0.504 e. The number of carbonyl (C=O) groups excluding carboxylic acids is 3. The monoisotopic (exact) mass is 654 g/mol. The van der Waals surface area contributed by atoms with Gasteiger partial charge in [-0.15, -0.1) is 0 Å². The van der Waals surface area contributed by atoms with Crippen molar-refractivity contribution in [3.63, 3.8) is 0 Å². The van der Waals surface area contributed by atoms with Gasteiger partial charge in [0, 0.05) is 19.3 Å². The highest BCUT2D eigenvalue weighted by Crippen LogP contribution is 2.36. The lowest BCUT2D eigenvalue weighted by molar-refractivity contribution is -0.141. The van der Waals surface area contributed by atoms with Gasteiger partial charge in [0.1, 0.15) is 13.2 Å². The Labute approximate surface area is 274 Å². The number of phenols is 1. The zero-order valence-corrected chi connectivity index (χ0v) is 27.6. The van der Waals surface area contributed by atoms with Crippen LogP contribution in [0.2, 0.25) is 0 Å². The van der Waals surface area contributed by atoms with Gasteiger partial charge >= 0.3 is 17.9 Å². The third-order valence-corrected chi connectivity index (χ3v) is 7.48. The number of rotatable bonds is 18. The fourth-order valence-corrected chi connectivity index (χ4v) is 4.79. The van der Waals surface area contributed by atoms with Crippen LogP contribution in [0.5, 0.6) is 34.5 Å². The molecule has 47 heavy (non-hydrogen) atoms. The summed E-state index contributed by atoms with van der Waals surface area (Å²) in [6, 6.07) is 12.2. The number of benzene rings is 3. The third kappa shape index (κ3) is 10.5. The molecule has 0 aliphatic rings. The Hall–Kier alpha value is -5.13. The summed E-state index contributed by atoms with van der Waals surface area (Å²) >= 11 is 0. The Balaban J connectivity index is 1.92. The number of esters is 3. The Morgan fingerprint density at radius 1 is 0.511 bits per heavy atom. The average molecular weight is 655 g/mol. The summed E-state index contributed by atoms with van der Waals surface area (Å²) in [5.41, 5.74) is 3.75. The number of phenolic OH excluding ortho intramolecular Hbond substituents is 1. The van der Waals surface area contributed by atoms with E-state index in [1.807, 2.05) is 12.1 Å². The minimum absolute atomic E-state index is 0.0609. The molecule has 3 aromatic rings. The van der Waals surface area contributed by atoms with Crippen LogP contribution < -0.4 is 23.7 Å². The van der Waals surface area contributed by atoms with Gasteiger partial charge in [-0.25, -0.2) is 0 Å². The highest BCUT2D eigenvalue weighted by molar-refractivity contribution is 5.70. The molecule has 254 valence electrons. The van der Waals surface area contributed by atoms with Crippen LogP contribution in [0.15, 0.2) is 42.5 Å². The molecule has 1 N–H and O–H groups in total. The van der Waals surface area contributed by atoms with Gasteiger partial charge in [0.25, 0.3) is 0 Å². The van der Waals surface area contributed by atoms with Crippen LogP contribution in [0, 0.1) is 0 Å². The van der Waals surface area contributed by atoms with Crippen LogP contribution in [0.4, 0.5) is 0 Å². The van der Waals surface area contributed by atoms with Crippen molar-refractivity contribution < 1.29 is 57.4 Å². The van der Waals surface area contributed by atoms with Crippen molar-refractivity contribution in [2.24, 2.45) is 0 Å². The zero-order chi connectivity index (χ0) is 34.3. The van der Waals surface area contributed by atoms with Gasteiger partial charge < -0.3 is 43.0 Å². The molecular formula is C35H42O12. The molecule has 0 bridgehead atoms. The number of methoxy groups -OCH3 is 6. The Bertz CT molecular complexity index is 1530. The van der Waals surface area contributed by atoms with Gasteiger partial charge in [-0.1, -0.05) is 6.07 Å². The molecule has 0 aliphatic heterocycles. The average Bonchev–Trinajstić information content (AvgIpc) is 3.10. The summed E-state index contributed by atoms with van der Waals surface area (Å²) in [6.45, 7) is 0.169. The van der Waals surface area contributed by atoms with Gasteiger partial charge in [-0.05, 0) is 83.5 Å². The van der Waals surface area contributed by atoms with Crippen molar-refractivity contribution >= 4 is 17.9 Å². The topological polar surface area (TPSA) is 145 Å². The second-order valence-corrected chi connectivity index (χ2v) is 10.4. The lowest BCUT2D eigenvalue weighted by Gasteiger charge is -2.19. The Morgan fingerprint density at radius 3 is 1.47 bits per heavy atom. The molecule has 0 saturated carbocycles. The predicted octanol–water partition coefficient (Wildman–Crippen LogP) is 4.89. The van der Waals surface area contributed by atoms with Gasteiger partial charge in [-0.2, -0.15) is 0 Å². The molecule has 12 heteroatoms. The standard InChI is InChI=1S/C35H42O12/c1-40-28-11-7-22(8-12-33(37)43-4)15-31(28)46-21-26-19-30(42-3)32(17-24(26)10-14-35(39)45-6)47-20-25-18-29(41-2)27(36)16-23(25)9-13-34(38)44-5/h7,11,15-19,36H,8-10,12-14,20-21H2,1-6H3. The van der Waals surface area contributed by atoms with Gasteiger partial charge in [0.15, 0.2) is 34.5 Å². The van der Waals surface area contributed by atoms with E-state index >= 15 is 0 Å². The van der Waals surface area contributed by atoms with Crippen LogP contribution in [-0.4, -0.2) is 65.7 Å². The molecule has 0 aromatic heterocycles. The highest BCUT2D eigenvalue weighted by atomic mass is 16.5. The first-order valence-corrected chi connectivity index (χ1v) is 14.9. The molecule has 0 fully saturated rings. The van der Waals surface area contributed by atoms with E-state index < -0.39 is 0 Å². The quantitative estimate of drug-likeness (QED) is 0.147. The first-order valence-electron chi connectivity index (χ1n) is 14.9. The van der Waals surface area contributed by atoms with Gasteiger partial charge in [0.05, 0.1) is 42.7 Å². The van der Waals surface area contributed by atoms with Crippen LogP contribution in [0.1, 0.15) is 47.1 Å². The molecule has 0 spiro atoms. The molecule has 3 rings (SSSR count). The second kappa shape index (κ2) is 18.1. The van der Waals surface area contributed by atoms with Crippen molar-refractivity contribution in [2.45, 2.75) is 51.7 Å². The van der Waals surface area contributed by atoms with Crippen molar-refractivity contribution in [1.82, 2.24) is 0 Å². The van der Waals surface area contributed by atoms with Gasteiger partial charge in [-0.3, -0.25) is 14.4 Å². The zero-order valence-electron chi connectivity index (χ0n) is 27.6. The molecule has 0 radical (unpaired) electrons. The van der Waals surface area contributed by atoms with Crippen LogP contribution in [-0.2, 0) is 61.1 Å².